The van der Waals surface area contributed by atoms with Crippen molar-refractivity contribution in [1.82, 2.24) is 5.32 Å². The van der Waals surface area contributed by atoms with Gasteiger partial charge in [-0.1, -0.05) is 30.3 Å². The van der Waals surface area contributed by atoms with Crippen molar-refractivity contribution in [2.24, 2.45) is 0 Å². The second kappa shape index (κ2) is 9.81. The summed E-state index contributed by atoms with van der Waals surface area (Å²) < 4.78 is 10.7. The molecule has 1 heterocycles. The molecule has 1 aliphatic heterocycles. The van der Waals surface area contributed by atoms with E-state index >= 15 is 0 Å². The van der Waals surface area contributed by atoms with Crippen LogP contribution >= 0.6 is 11.8 Å². The van der Waals surface area contributed by atoms with Gasteiger partial charge in [0.25, 0.3) is 0 Å². The Labute approximate surface area is 165 Å². The van der Waals surface area contributed by atoms with E-state index in [4.69, 9.17) is 9.47 Å². The summed E-state index contributed by atoms with van der Waals surface area (Å²) in [5.41, 5.74) is 1.14. The van der Waals surface area contributed by atoms with Gasteiger partial charge in [0.2, 0.25) is 5.91 Å². The zero-order valence-corrected chi connectivity index (χ0v) is 16.6. The molecule has 1 N–H and O–H groups in total. The Morgan fingerprint density at radius 3 is 2.48 bits per heavy atom. The average Bonchev–Trinajstić information content (AvgIpc) is 2.72. The highest BCUT2D eigenvalue weighted by atomic mass is 32.2. The molecule has 144 valence electrons. The van der Waals surface area contributed by atoms with Gasteiger partial charge in [-0.05, 0) is 49.1 Å². The maximum absolute atomic E-state index is 12.4. The lowest BCUT2D eigenvalue weighted by Crippen LogP contribution is -2.44. The lowest BCUT2D eigenvalue weighted by molar-refractivity contribution is -0.121. The molecule has 0 bridgehead atoms. The third-order valence-corrected chi connectivity index (χ3v) is 6.38. The molecule has 1 saturated heterocycles. The average molecular weight is 386 g/mol. The molecule has 27 heavy (non-hydrogen) atoms. The monoisotopic (exact) mass is 385 g/mol. The Morgan fingerprint density at radius 2 is 1.81 bits per heavy atom. The van der Waals surface area contributed by atoms with Gasteiger partial charge in [0, 0.05) is 35.8 Å². The van der Waals surface area contributed by atoms with E-state index in [1.54, 1.807) is 7.11 Å². The molecular weight excluding hydrogens is 358 g/mol. The first kappa shape index (κ1) is 19.8. The van der Waals surface area contributed by atoms with Gasteiger partial charge in [-0.3, -0.25) is 4.79 Å². The topological polar surface area (TPSA) is 47.6 Å². The van der Waals surface area contributed by atoms with Gasteiger partial charge in [0.1, 0.15) is 5.75 Å². The van der Waals surface area contributed by atoms with Crippen LogP contribution in [0.15, 0.2) is 59.5 Å². The van der Waals surface area contributed by atoms with Crippen molar-refractivity contribution in [1.29, 1.82) is 0 Å². The van der Waals surface area contributed by atoms with E-state index in [9.17, 15) is 4.79 Å². The molecule has 0 aromatic heterocycles. The number of hydrogen-bond donors (Lipinski definition) is 1. The number of amides is 1. The van der Waals surface area contributed by atoms with Crippen LogP contribution in [0.2, 0.25) is 0 Å². The summed E-state index contributed by atoms with van der Waals surface area (Å²) >= 11 is 1.86. The highest BCUT2D eigenvalue weighted by Crippen LogP contribution is 2.40. The van der Waals surface area contributed by atoms with E-state index in [0.717, 1.165) is 43.8 Å². The summed E-state index contributed by atoms with van der Waals surface area (Å²) in [6.07, 6.45) is 3.13. The van der Waals surface area contributed by atoms with Crippen LogP contribution in [0.1, 0.15) is 24.8 Å². The zero-order chi connectivity index (χ0) is 19.0. The van der Waals surface area contributed by atoms with E-state index in [1.165, 1.54) is 4.90 Å². The van der Waals surface area contributed by atoms with Gasteiger partial charge in [-0.25, -0.2) is 0 Å². The molecule has 0 atom stereocenters. The molecule has 0 saturated carbocycles. The van der Waals surface area contributed by atoms with Gasteiger partial charge >= 0.3 is 0 Å². The van der Waals surface area contributed by atoms with Gasteiger partial charge in [-0.2, -0.15) is 0 Å². The third kappa shape index (κ3) is 6.01. The van der Waals surface area contributed by atoms with Crippen LogP contribution < -0.4 is 10.1 Å². The summed E-state index contributed by atoms with van der Waals surface area (Å²) in [6.45, 7) is 2.18. The molecule has 0 radical (unpaired) electrons. The van der Waals surface area contributed by atoms with Crippen LogP contribution in [0.5, 0.6) is 5.75 Å². The van der Waals surface area contributed by atoms with Crippen molar-refractivity contribution in [2.45, 2.75) is 35.3 Å². The number of carbonyl (C=O) groups excluding carboxylic acids is 1. The second-order valence-corrected chi connectivity index (χ2v) is 8.38. The van der Waals surface area contributed by atoms with Gasteiger partial charge in [-0.15, -0.1) is 11.8 Å². The SMILES string of the molecule is COc1ccc(CCC(=O)NCC2(Sc3ccccc3)CCOCC2)cc1. The Morgan fingerprint density at radius 1 is 1.11 bits per heavy atom. The smallest absolute Gasteiger partial charge is 0.220 e. The normalized spacial score (nSPS) is 15.9. The molecule has 0 spiro atoms. The fraction of sp³-hybridized carbons (Fsp3) is 0.409. The molecular formula is C22H27NO3S. The number of carbonyl (C=O) groups is 1. The van der Waals surface area contributed by atoms with E-state index in [0.29, 0.717) is 13.0 Å². The van der Waals surface area contributed by atoms with Crippen molar-refractivity contribution in [3.63, 3.8) is 0 Å². The Hall–Kier alpha value is -1.98. The predicted octanol–water partition coefficient (Wildman–Crippen LogP) is 4.09. The molecule has 0 aliphatic carbocycles. The molecule has 1 amide bonds. The molecule has 0 unspecified atom stereocenters. The molecule has 1 aliphatic rings. The Kier molecular flexibility index (Phi) is 7.18. The molecule has 3 rings (SSSR count). The minimum Gasteiger partial charge on any atom is -0.497 e. The van der Waals surface area contributed by atoms with Crippen LogP contribution in [0, 0.1) is 0 Å². The summed E-state index contributed by atoms with van der Waals surface area (Å²) in [6, 6.07) is 18.3. The number of nitrogens with one attached hydrogen (secondary N) is 1. The first-order chi connectivity index (χ1) is 13.2. The van der Waals surface area contributed by atoms with Gasteiger partial charge < -0.3 is 14.8 Å². The number of aryl methyl sites for hydroxylation is 1. The van der Waals surface area contributed by atoms with Crippen LogP contribution in [0.3, 0.4) is 0 Å². The molecule has 2 aromatic carbocycles. The minimum absolute atomic E-state index is 0.00930. The van der Waals surface area contributed by atoms with E-state index in [1.807, 2.05) is 42.1 Å². The van der Waals surface area contributed by atoms with Crippen molar-refractivity contribution >= 4 is 17.7 Å². The molecule has 5 heteroatoms. The van der Waals surface area contributed by atoms with Crippen molar-refractivity contribution < 1.29 is 14.3 Å². The lowest BCUT2D eigenvalue weighted by Gasteiger charge is -2.36. The standard InChI is InChI=1S/C22H27NO3S/c1-25-19-10-7-18(8-11-19)9-12-21(24)23-17-22(13-15-26-16-14-22)27-20-5-3-2-4-6-20/h2-8,10-11H,9,12-17H2,1H3,(H,23,24). The zero-order valence-electron chi connectivity index (χ0n) is 15.8. The fourth-order valence-electron chi connectivity index (χ4n) is 3.19. The summed E-state index contributed by atoms with van der Waals surface area (Å²) in [5, 5.41) is 3.17. The second-order valence-electron chi connectivity index (χ2n) is 6.84. The first-order valence-electron chi connectivity index (χ1n) is 9.41. The summed E-state index contributed by atoms with van der Waals surface area (Å²) in [4.78, 5) is 13.6. The first-order valence-corrected chi connectivity index (χ1v) is 10.2. The van der Waals surface area contributed by atoms with Crippen molar-refractivity contribution in [2.75, 3.05) is 26.9 Å². The van der Waals surface area contributed by atoms with Gasteiger partial charge in [0.05, 0.1) is 7.11 Å². The van der Waals surface area contributed by atoms with Gasteiger partial charge in [0.15, 0.2) is 0 Å². The maximum Gasteiger partial charge on any atom is 0.220 e. The van der Waals surface area contributed by atoms with E-state index in [-0.39, 0.29) is 10.7 Å². The highest BCUT2D eigenvalue weighted by molar-refractivity contribution is 8.00. The molecule has 1 fully saturated rings. The molecule has 4 nitrogen and oxygen atoms in total. The largest absolute Gasteiger partial charge is 0.497 e. The number of rotatable bonds is 8. The number of methoxy groups -OCH3 is 1. The minimum atomic E-state index is 0.00930. The lowest BCUT2D eigenvalue weighted by atomic mass is 9.99. The predicted molar refractivity (Wildman–Crippen MR) is 109 cm³/mol. The Balaban J connectivity index is 1.52. The quantitative estimate of drug-likeness (QED) is 0.744. The number of benzene rings is 2. The van der Waals surface area contributed by atoms with Crippen LogP contribution in [-0.2, 0) is 16.0 Å². The van der Waals surface area contributed by atoms with E-state index in [2.05, 4.69) is 29.6 Å². The third-order valence-electron chi connectivity index (χ3n) is 4.89. The number of hydrogen-bond acceptors (Lipinski definition) is 4. The van der Waals surface area contributed by atoms with Crippen molar-refractivity contribution in [3.8, 4) is 5.75 Å². The van der Waals surface area contributed by atoms with E-state index < -0.39 is 0 Å². The van der Waals surface area contributed by atoms with Crippen LogP contribution in [0.25, 0.3) is 0 Å². The maximum atomic E-state index is 12.4. The molecule has 2 aromatic rings. The fourth-order valence-corrected chi connectivity index (χ4v) is 4.50. The summed E-state index contributed by atoms with van der Waals surface area (Å²) in [5.74, 6) is 0.938. The van der Waals surface area contributed by atoms with Crippen LogP contribution in [-0.4, -0.2) is 37.5 Å². The number of ether oxygens (including phenoxy) is 2. The number of thioether (sulfide) groups is 1. The summed E-state index contributed by atoms with van der Waals surface area (Å²) in [7, 11) is 1.65. The highest BCUT2D eigenvalue weighted by Gasteiger charge is 2.34. The van der Waals surface area contributed by atoms with Crippen molar-refractivity contribution in [3.05, 3.63) is 60.2 Å². The van der Waals surface area contributed by atoms with Crippen LogP contribution in [0.4, 0.5) is 0 Å². The Bertz CT molecular complexity index is 712.